The van der Waals surface area contributed by atoms with E-state index in [9.17, 15) is 5.11 Å². The number of aliphatic hydroxyl groups is 1. The molecule has 0 spiro atoms. The van der Waals surface area contributed by atoms with Crippen molar-refractivity contribution in [2.24, 2.45) is 4.99 Å². The van der Waals surface area contributed by atoms with Gasteiger partial charge in [0.1, 0.15) is 0 Å². The molecule has 1 aliphatic rings. The Bertz CT molecular complexity index is 672. The Morgan fingerprint density at radius 1 is 1.32 bits per heavy atom. The Kier molecular flexibility index (Phi) is 4.18. The number of nitrogens with zero attached hydrogens (tertiary/aromatic N) is 3. The highest BCUT2D eigenvalue weighted by atomic mass is 32.2. The van der Waals surface area contributed by atoms with Gasteiger partial charge in [-0.1, -0.05) is 41.6 Å². The van der Waals surface area contributed by atoms with Gasteiger partial charge in [0.2, 0.25) is 0 Å². The summed E-state index contributed by atoms with van der Waals surface area (Å²) in [4.78, 5) is 10.7. The summed E-state index contributed by atoms with van der Waals surface area (Å²) in [7, 11) is 0. The minimum atomic E-state index is -1.01. The van der Waals surface area contributed by atoms with Gasteiger partial charge in [0.15, 0.2) is 10.9 Å². The number of benzene rings is 1. The van der Waals surface area contributed by atoms with Crippen molar-refractivity contribution in [3.05, 3.63) is 59.9 Å². The second-order valence-corrected chi connectivity index (χ2v) is 6.26. The van der Waals surface area contributed by atoms with E-state index in [1.54, 1.807) is 24.2 Å². The third kappa shape index (κ3) is 2.74. The van der Waals surface area contributed by atoms with Gasteiger partial charge < -0.3 is 10.0 Å². The summed E-state index contributed by atoms with van der Waals surface area (Å²) in [6.45, 7) is 4.77. The first kappa shape index (κ1) is 15.1. The Hall–Kier alpha value is -1.85. The predicted octanol–water partition coefficient (Wildman–Crippen LogP) is 3.29. The van der Waals surface area contributed by atoms with Crippen LogP contribution in [0.3, 0.4) is 0 Å². The summed E-state index contributed by atoms with van der Waals surface area (Å²) < 4.78 is 0. The summed E-state index contributed by atoms with van der Waals surface area (Å²) in [5.41, 5.74) is 1.89. The van der Waals surface area contributed by atoms with Crippen LogP contribution in [-0.4, -0.2) is 32.5 Å². The van der Waals surface area contributed by atoms with E-state index in [4.69, 9.17) is 0 Å². The lowest BCUT2D eigenvalue weighted by Gasteiger charge is -2.33. The van der Waals surface area contributed by atoms with Crippen LogP contribution in [0.2, 0.25) is 0 Å². The van der Waals surface area contributed by atoms with E-state index in [-0.39, 0.29) is 0 Å². The van der Waals surface area contributed by atoms with Crippen molar-refractivity contribution >= 4 is 22.6 Å². The highest BCUT2D eigenvalue weighted by molar-refractivity contribution is 8.14. The van der Waals surface area contributed by atoms with Crippen molar-refractivity contribution in [2.45, 2.75) is 19.6 Å². The molecule has 1 aromatic carbocycles. The van der Waals surface area contributed by atoms with Crippen molar-refractivity contribution in [1.29, 1.82) is 0 Å². The third-order valence-electron chi connectivity index (χ3n) is 3.78. The number of rotatable bonds is 3. The predicted molar refractivity (Wildman–Crippen MR) is 91.2 cm³/mol. The van der Waals surface area contributed by atoms with Gasteiger partial charge in [0.05, 0.1) is 17.6 Å². The fraction of sp³-hybridized carbons (Fsp3) is 0.294. The van der Waals surface area contributed by atoms with E-state index in [0.29, 0.717) is 12.3 Å². The van der Waals surface area contributed by atoms with E-state index >= 15 is 0 Å². The number of thioether (sulfide) groups is 1. The standard InChI is InChI=1S/C17H19N3OS/c1-3-20-16(19-15-5-4-10-18-11-15)22-12-17(20,21)14-8-6-13(2)7-9-14/h4-11,21H,3,12H2,1-2H3/t17-/m1/s1. The zero-order valence-corrected chi connectivity index (χ0v) is 13.5. The molecular weight excluding hydrogens is 294 g/mol. The quantitative estimate of drug-likeness (QED) is 0.944. The van der Waals surface area contributed by atoms with Gasteiger partial charge in [-0.3, -0.25) is 4.98 Å². The van der Waals surface area contributed by atoms with Crippen LogP contribution in [-0.2, 0) is 5.72 Å². The summed E-state index contributed by atoms with van der Waals surface area (Å²) in [5, 5.41) is 12.0. The number of hydrogen-bond donors (Lipinski definition) is 1. The lowest BCUT2D eigenvalue weighted by Crippen LogP contribution is -2.44. The van der Waals surface area contributed by atoms with Crippen LogP contribution in [0.25, 0.3) is 0 Å². The molecule has 3 rings (SSSR count). The molecule has 5 heteroatoms. The maximum Gasteiger partial charge on any atom is 0.175 e. The number of aryl methyl sites for hydroxylation is 1. The van der Waals surface area contributed by atoms with E-state index < -0.39 is 5.72 Å². The topological polar surface area (TPSA) is 48.7 Å². The van der Waals surface area contributed by atoms with Crippen molar-refractivity contribution < 1.29 is 5.11 Å². The van der Waals surface area contributed by atoms with E-state index in [1.807, 2.05) is 55.1 Å². The van der Waals surface area contributed by atoms with Crippen LogP contribution in [0.1, 0.15) is 18.1 Å². The highest BCUT2D eigenvalue weighted by Gasteiger charge is 2.43. The second-order valence-electron chi connectivity index (χ2n) is 5.32. The minimum Gasteiger partial charge on any atom is -0.366 e. The number of pyridine rings is 1. The summed E-state index contributed by atoms with van der Waals surface area (Å²) in [6, 6.07) is 11.8. The molecule has 0 bridgehead atoms. The number of aromatic nitrogens is 1. The first-order valence-electron chi connectivity index (χ1n) is 7.32. The van der Waals surface area contributed by atoms with Gasteiger partial charge in [-0.2, -0.15) is 0 Å². The SMILES string of the molecule is CCN1C(=Nc2cccnc2)SC[C@@]1(O)c1ccc(C)cc1. The molecule has 1 atom stereocenters. The second kappa shape index (κ2) is 6.10. The van der Waals surface area contributed by atoms with Crippen LogP contribution in [0, 0.1) is 6.92 Å². The maximum atomic E-state index is 11.2. The summed E-state index contributed by atoms with van der Waals surface area (Å²) >= 11 is 1.57. The molecule has 1 aromatic heterocycles. The number of aliphatic imine (C=N–C) groups is 1. The molecule has 1 fully saturated rings. The van der Waals surface area contributed by atoms with Crippen LogP contribution >= 0.6 is 11.8 Å². The molecule has 22 heavy (non-hydrogen) atoms. The molecule has 0 saturated carbocycles. The largest absolute Gasteiger partial charge is 0.366 e. The van der Waals surface area contributed by atoms with E-state index in [2.05, 4.69) is 9.98 Å². The maximum absolute atomic E-state index is 11.2. The van der Waals surface area contributed by atoms with Crippen LogP contribution in [0.5, 0.6) is 0 Å². The smallest absolute Gasteiger partial charge is 0.175 e. The third-order valence-corrected chi connectivity index (χ3v) is 4.90. The number of amidine groups is 1. The van der Waals surface area contributed by atoms with Gasteiger partial charge in [-0.05, 0) is 26.0 Å². The number of hydrogen-bond acceptors (Lipinski definition) is 4. The molecule has 0 aliphatic carbocycles. The van der Waals surface area contributed by atoms with E-state index in [1.165, 1.54) is 5.56 Å². The fourth-order valence-corrected chi connectivity index (χ4v) is 3.82. The van der Waals surface area contributed by atoms with Crippen LogP contribution in [0.15, 0.2) is 53.8 Å². The molecule has 0 amide bonds. The Balaban J connectivity index is 1.95. The van der Waals surface area contributed by atoms with Crippen molar-refractivity contribution in [3.8, 4) is 0 Å². The zero-order valence-electron chi connectivity index (χ0n) is 12.7. The first-order chi connectivity index (χ1) is 10.6. The highest BCUT2D eigenvalue weighted by Crippen LogP contribution is 2.39. The van der Waals surface area contributed by atoms with Crippen molar-refractivity contribution in [3.63, 3.8) is 0 Å². The molecule has 0 unspecified atom stereocenters. The van der Waals surface area contributed by atoms with Crippen molar-refractivity contribution in [2.75, 3.05) is 12.3 Å². The van der Waals surface area contributed by atoms with Crippen LogP contribution < -0.4 is 0 Å². The molecule has 1 N–H and O–H groups in total. The van der Waals surface area contributed by atoms with Gasteiger partial charge in [-0.25, -0.2) is 4.99 Å². The average Bonchev–Trinajstić information content (AvgIpc) is 2.86. The molecule has 1 aliphatic heterocycles. The summed E-state index contributed by atoms with van der Waals surface area (Å²) in [5.74, 6) is 0.572. The molecule has 2 heterocycles. The lowest BCUT2D eigenvalue weighted by molar-refractivity contribution is -0.0452. The molecule has 4 nitrogen and oxygen atoms in total. The fourth-order valence-electron chi connectivity index (χ4n) is 2.56. The summed E-state index contributed by atoms with van der Waals surface area (Å²) in [6.07, 6.45) is 3.45. The normalized spacial score (nSPS) is 23.2. The van der Waals surface area contributed by atoms with Crippen LogP contribution in [0.4, 0.5) is 5.69 Å². The monoisotopic (exact) mass is 313 g/mol. The van der Waals surface area contributed by atoms with Gasteiger partial charge >= 0.3 is 0 Å². The van der Waals surface area contributed by atoms with Gasteiger partial charge in [0, 0.05) is 18.3 Å². The molecule has 2 aromatic rings. The first-order valence-corrected chi connectivity index (χ1v) is 8.31. The zero-order chi connectivity index (χ0) is 15.6. The Morgan fingerprint density at radius 2 is 2.09 bits per heavy atom. The molecule has 0 radical (unpaired) electrons. The molecular formula is C17H19N3OS. The minimum absolute atomic E-state index is 0.572. The molecule has 114 valence electrons. The van der Waals surface area contributed by atoms with Gasteiger partial charge in [0.25, 0.3) is 0 Å². The van der Waals surface area contributed by atoms with Crippen molar-refractivity contribution in [1.82, 2.24) is 9.88 Å². The molecule has 1 saturated heterocycles. The Labute approximate surface area is 134 Å². The lowest BCUT2D eigenvalue weighted by atomic mass is 10.0. The van der Waals surface area contributed by atoms with E-state index in [0.717, 1.165) is 16.4 Å². The Morgan fingerprint density at radius 3 is 2.73 bits per heavy atom. The van der Waals surface area contributed by atoms with Gasteiger partial charge in [-0.15, -0.1) is 0 Å². The average molecular weight is 313 g/mol.